The zero-order valence-corrected chi connectivity index (χ0v) is 11.7. The summed E-state index contributed by atoms with van der Waals surface area (Å²) in [6.45, 7) is 2.63. The number of piperidine rings is 1. The van der Waals surface area contributed by atoms with Crippen LogP contribution in [0.3, 0.4) is 0 Å². The van der Waals surface area contributed by atoms with Crippen LogP contribution in [0.2, 0.25) is 0 Å². The van der Waals surface area contributed by atoms with E-state index in [0.717, 1.165) is 41.2 Å². The second-order valence-corrected chi connectivity index (χ2v) is 5.38. The predicted octanol–water partition coefficient (Wildman–Crippen LogP) is 2.18. The van der Waals surface area contributed by atoms with E-state index in [1.54, 1.807) is 0 Å². The first-order chi connectivity index (χ1) is 10.3. The lowest BCUT2D eigenvalue weighted by molar-refractivity contribution is -0.119. The molecule has 1 saturated heterocycles. The lowest BCUT2D eigenvalue weighted by Crippen LogP contribution is -2.34. The van der Waals surface area contributed by atoms with Gasteiger partial charge in [0.15, 0.2) is 11.5 Å². The number of ether oxygens (including phenoxy) is 2. The molecular weight excluding hydrogens is 268 g/mol. The number of carbonyl (C=O) groups excluding carboxylic acids is 1. The maximum Gasteiger partial charge on any atom is 0.162 e. The van der Waals surface area contributed by atoms with Crippen molar-refractivity contribution in [1.29, 1.82) is 0 Å². The molecule has 0 N–H and O–H groups in total. The van der Waals surface area contributed by atoms with Crippen molar-refractivity contribution in [3.8, 4) is 11.5 Å². The van der Waals surface area contributed by atoms with E-state index in [4.69, 9.17) is 9.47 Å². The summed E-state index contributed by atoms with van der Waals surface area (Å²) in [5.41, 5.74) is 0. The van der Waals surface area contributed by atoms with Crippen LogP contribution in [-0.4, -0.2) is 37.1 Å². The van der Waals surface area contributed by atoms with E-state index in [1.807, 2.05) is 24.4 Å². The minimum Gasteiger partial charge on any atom is -0.486 e. The van der Waals surface area contributed by atoms with E-state index in [1.165, 1.54) is 0 Å². The molecule has 0 saturated carbocycles. The van der Waals surface area contributed by atoms with Crippen molar-refractivity contribution < 1.29 is 14.3 Å². The third kappa shape index (κ3) is 2.18. The maximum atomic E-state index is 11.4. The van der Waals surface area contributed by atoms with E-state index in [0.29, 0.717) is 31.8 Å². The van der Waals surface area contributed by atoms with Gasteiger partial charge >= 0.3 is 0 Å². The van der Waals surface area contributed by atoms with Crippen LogP contribution in [0.15, 0.2) is 24.4 Å². The highest BCUT2D eigenvalue weighted by Crippen LogP contribution is 2.37. The molecule has 5 heteroatoms. The monoisotopic (exact) mass is 284 g/mol. The predicted molar refractivity (Wildman–Crippen MR) is 79.2 cm³/mol. The van der Waals surface area contributed by atoms with Gasteiger partial charge in [-0.3, -0.25) is 4.79 Å². The summed E-state index contributed by atoms with van der Waals surface area (Å²) in [7, 11) is 0. The molecule has 0 unspecified atom stereocenters. The average Bonchev–Trinajstić information content (AvgIpc) is 2.53. The number of rotatable bonds is 1. The highest BCUT2D eigenvalue weighted by molar-refractivity contribution is 5.95. The number of benzene rings is 1. The smallest absolute Gasteiger partial charge is 0.162 e. The van der Waals surface area contributed by atoms with Gasteiger partial charge in [-0.15, -0.1) is 0 Å². The Hall–Kier alpha value is -2.30. The van der Waals surface area contributed by atoms with Crippen LogP contribution in [0.4, 0.5) is 5.82 Å². The van der Waals surface area contributed by atoms with E-state index < -0.39 is 0 Å². The SMILES string of the molecule is O=C1CCN(c2nccc3cc4c(cc23)OCCO4)CC1. The zero-order valence-electron chi connectivity index (χ0n) is 11.7. The second-order valence-electron chi connectivity index (χ2n) is 5.38. The van der Waals surface area contributed by atoms with Crippen molar-refractivity contribution in [2.24, 2.45) is 0 Å². The number of carbonyl (C=O) groups is 1. The molecular formula is C16H16N2O3. The van der Waals surface area contributed by atoms with Gasteiger partial charge in [-0.1, -0.05) is 0 Å². The topological polar surface area (TPSA) is 51.7 Å². The standard InChI is InChI=1S/C16H16N2O3/c19-12-2-5-18(6-3-12)16-13-10-15-14(20-7-8-21-15)9-11(13)1-4-17-16/h1,4,9-10H,2-3,5-8H2. The number of Topliss-reactive ketones (excluding diaryl/α,β-unsaturated/α-hetero) is 1. The lowest BCUT2D eigenvalue weighted by Gasteiger charge is -2.28. The van der Waals surface area contributed by atoms with Crippen LogP contribution in [0.1, 0.15) is 12.8 Å². The normalized spacial score (nSPS) is 18.1. The minimum atomic E-state index is 0.334. The van der Waals surface area contributed by atoms with Gasteiger partial charge in [-0.05, 0) is 23.6 Å². The van der Waals surface area contributed by atoms with Crippen molar-refractivity contribution in [2.75, 3.05) is 31.2 Å². The van der Waals surface area contributed by atoms with Crippen LogP contribution in [0.25, 0.3) is 10.8 Å². The Kier molecular flexibility index (Phi) is 2.91. The largest absolute Gasteiger partial charge is 0.486 e. The summed E-state index contributed by atoms with van der Waals surface area (Å²) >= 11 is 0. The van der Waals surface area contributed by atoms with Crippen LogP contribution in [0.5, 0.6) is 11.5 Å². The van der Waals surface area contributed by atoms with Crippen LogP contribution in [0, 0.1) is 0 Å². The van der Waals surface area contributed by atoms with Crippen LogP contribution < -0.4 is 14.4 Å². The highest BCUT2D eigenvalue weighted by Gasteiger charge is 2.21. The van der Waals surface area contributed by atoms with Gasteiger partial charge in [0.25, 0.3) is 0 Å². The Labute approximate surface area is 122 Å². The summed E-state index contributed by atoms with van der Waals surface area (Å²) in [6, 6.07) is 5.98. The van der Waals surface area contributed by atoms with Gasteiger partial charge in [0.1, 0.15) is 24.8 Å². The van der Waals surface area contributed by atoms with Crippen LogP contribution in [-0.2, 0) is 4.79 Å². The minimum absolute atomic E-state index is 0.334. The molecule has 0 aliphatic carbocycles. The molecule has 1 fully saturated rings. The van der Waals surface area contributed by atoms with E-state index in [2.05, 4.69) is 9.88 Å². The fourth-order valence-electron chi connectivity index (χ4n) is 2.91. The molecule has 4 rings (SSSR count). The van der Waals surface area contributed by atoms with Gasteiger partial charge in [-0.25, -0.2) is 4.98 Å². The molecule has 0 atom stereocenters. The lowest BCUT2D eigenvalue weighted by atomic mass is 10.1. The van der Waals surface area contributed by atoms with Crippen molar-refractivity contribution in [1.82, 2.24) is 4.98 Å². The number of hydrogen-bond acceptors (Lipinski definition) is 5. The summed E-state index contributed by atoms with van der Waals surface area (Å²) in [4.78, 5) is 18.1. The Morgan fingerprint density at radius 1 is 1.05 bits per heavy atom. The van der Waals surface area contributed by atoms with Crippen molar-refractivity contribution >= 4 is 22.4 Å². The maximum absolute atomic E-state index is 11.4. The molecule has 0 radical (unpaired) electrons. The molecule has 3 heterocycles. The fourth-order valence-corrected chi connectivity index (χ4v) is 2.91. The number of aromatic nitrogens is 1. The van der Waals surface area contributed by atoms with Gasteiger partial charge in [0.2, 0.25) is 0 Å². The van der Waals surface area contributed by atoms with E-state index in [-0.39, 0.29) is 0 Å². The highest BCUT2D eigenvalue weighted by atomic mass is 16.6. The number of pyridine rings is 1. The fraction of sp³-hybridized carbons (Fsp3) is 0.375. The Morgan fingerprint density at radius 2 is 1.76 bits per heavy atom. The third-order valence-electron chi connectivity index (χ3n) is 4.03. The van der Waals surface area contributed by atoms with Crippen LogP contribution >= 0.6 is 0 Å². The average molecular weight is 284 g/mol. The van der Waals surface area contributed by atoms with Gasteiger partial charge in [0, 0.05) is 37.5 Å². The molecule has 2 aliphatic rings. The van der Waals surface area contributed by atoms with Gasteiger partial charge < -0.3 is 14.4 Å². The molecule has 1 aromatic carbocycles. The van der Waals surface area contributed by atoms with Gasteiger partial charge in [0.05, 0.1) is 0 Å². The number of nitrogens with zero attached hydrogens (tertiary/aromatic N) is 2. The molecule has 0 amide bonds. The summed E-state index contributed by atoms with van der Waals surface area (Å²) in [5, 5.41) is 2.14. The van der Waals surface area contributed by atoms with E-state index in [9.17, 15) is 4.79 Å². The second kappa shape index (κ2) is 4.91. The first-order valence-corrected chi connectivity index (χ1v) is 7.26. The molecule has 21 heavy (non-hydrogen) atoms. The molecule has 5 nitrogen and oxygen atoms in total. The summed E-state index contributed by atoms with van der Waals surface area (Å²) in [6.07, 6.45) is 3.01. The Bertz CT molecular complexity index is 704. The molecule has 2 aliphatic heterocycles. The molecule has 108 valence electrons. The Morgan fingerprint density at radius 3 is 2.52 bits per heavy atom. The summed E-state index contributed by atoms with van der Waals surface area (Å²) < 4.78 is 11.3. The number of hydrogen-bond donors (Lipinski definition) is 0. The third-order valence-corrected chi connectivity index (χ3v) is 4.03. The molecule has 0 spiro atoms. The Balaban J connectivity index is 1.80. The molecule has 1 aromatic heterocycles. The quantitative estimate of drug-likeness (QED) is 0.803. The number of anilines is 1. The molecule has 2 aromatic rings. The van der Waals surface area contributed by atoms with E-state index >= 15 is 0 Å². The molecule has 0 bridgehead atoms. The summed E-state index contributed by atoms with van der Waals surface area (Å²) in [5.74, 6) is 2.83. The first-order valence-electron chi connectivity index (χ1n) is 7.26. The first kappa shape index (κ1) is 12.4. The van der Waals surface area contributed by atoms with Crippen molar-refractivity contribution in [2.45, 2.75) is 12.8 Å². The van der Waals surface area contributed by atoms with Crippen molar-refractivity contribution in [3.63, 3.8) is 0 Å². The number of ketones is 1. The van der Waals surface area contributed by atoms with Gasteiger partial charge in [-0.2, -0.15) is 0 Å². The van der Waals surface area contributed by atoms with Crippen molar-refractivity contribution in [3.05, 3.63) is 24.4 Å². The number of fused-ring (bicyclic) bond motifs is 2. The zero-order chi connectivity index (χ0) is 14.2.